The lowest BCUT2D eigenvalue weighted by Gasteiger charge is -2.20. The Morgan fingerprint density at radius 2 is 2.14 bits per heavy atom. The van der Waals surface area contributed by atoms with Crippen molar-refractivity contribution in [2.45, 2.75) is 19.4 Å². The summed E-state index contributed by atoms with van der Waals surface area (Å²) in [6.07, 6.45) is 1.97. The maximum atomic E-state index is 11.2. The van der Waals surface area contributed by atoms with Crippen LogP contribution in [0.25, 0.3) is 0 Å². The number of amides is 1. The molecule has 0 heterocycles. The van der Waals surface area contributed by atoms with E-state index in [9.17, 15) is 9.59 Å². The highest BCUT2D eigenvalue weighted by molar-refractivity contribution is 5.93. The van der Waals surface area contributed by atoms with Gasteiger partial charge in [-0.3, -0.25) is 4.79 Å². The Balaban J connectivity index is 4.26. The Bertz CT molecular complexity index is 291. The molecule has 1 unspecified atom stereocenters. The third-order valence-electron chi connectivity index (χ3n) is 1.76. The monoisotopic (exact) mass is 196 g/mol. The lowest BCUT2D eigenvalue weighted by atomic mass is 10.2. The summed E-state index contributed by atoms with van der Waals surface area (Å²) in [5.41, 5.74) is 0. The van der Waals surface area contributed by atoms with Crippen LogP contribution in [0.4, 0.5) is 0 Å². The van der Waals surface area contributed by atoms with Crippen molar-refractivity contribution in [3.05, 3.63) is 12.2 Å². The third-order valence-corrected chi connectivity index (χ3v) is 1.76. The largest absolute Gasteiger partial charge is 0.478 e. The van der Waals surface area contributed by atoms with Gasteiger partial charge in [-0.2, -0.15) is 5.26 Å². The number of carboxylic acid groups (broad SMARTS) is 1. The molecule has 0 aliphatic heterocycles. The number of rotatable bonds is 4. The third kappa shape index (κ3) is 4.26. The van der Waals surface area contributed by atoms with E-state index >= 15 is 0 Å². The number of carbonyl (C=O) groups is 2. The first kappa shape index (κ1) is 12.2. The number of aliphatic carboxylic acids is 1. The number of carboxylic acids is 1. The molecule has 1 N–H and O–H groups in total. The molecule has 0 fully saturated rings. The van der Waals surface area contributed by atoms with E-state index in [-0.39, 0.29) is 12.5 Å². The van der Waals surface area contributed by atoms with Crippen LogP contribution >= 0.6 is 0 Å². The van der Waals surface area contributed by atoms with E-state index in [1.54, 1.807) is 6.92 Å². The van der Waals surface area contributed by atoms with E-state index in [0.29, 0.717) is 0 Å². The number of nitrogens with zero attached hydrogens (tertiary/aromatic N) is 2. The molecule has 0 saturated carbocycles. The minimum absolute atomic E-state index is 0.217. The second kappa shape index (κ2) is 5.75. The zero-order chi connectivity index (χ0) is 11.1. The summed E-state index contributed by atoms with van der Waals surface area (Å²) < 4.78 is 0. The normalized spacial score (nSPS) is 12.1. The van der Waals surface area contributed by atoms with E-state index in [4.69, 9.17) is 10.4 Å². The van der Waals surface area contributed by atoms with Gasteiger partial charge in [-0.1, -0.05) is 0 Å². The van der Waals surface area contributed by atoms with Gasteiger partial charge in [-0.25, -0.2) is 4.79 Å². The maximum Gasteiger partial charge on any atom is 0.328 e. The van der Waals surface area contributed by atoms with Crippen molar-refractivity contribution in [1.29, 1.82) is 5.26 Å². The van der Waals surface area contributed by atoms with Gasteiger partial charge in [0.15, 0.2) is 0 Å². The van der Waals surface area contributed by atoms with Gasteiger partial charge in [-0.15, -0.1) is 0 Å². The zero-order valence-electron chi connectivity index (χ0n) is 8.10. The Morgan fingerprint density at radius 3 is 2.57 bits per heavy atom. The first-order valence-electron chi connectivity index (χ1n) is 4.03. The van der Waals surface area contributed by atoms with Crippen molar-refractivity contribution in [2.24, 2.45) is 0 Å². The van der Waals surface area contributed by atoms with Crippen LogP contribution in [0.15, 0.2) is 12.2 Å². The van der Waals surface area contributed by atoms with Crippen LogP contribution < -0.4 is 0 Å². The fourth-order valence-corrected chi connectivity index (χ4v) is 0.746. The summed E-state index contributed by atoms with van der Waals surface area (Å²) in [5.74, 6) is -1.59. The van der Waals surface area contributed by atoms with Crippen molar-refractivity contribution in [3.8, 4) is 6.07 Å². The lowest BCUT2D eigenvalue weighted by Crippen LogP contribution is -2.33. The number of carbonyl (C=O) groups excluding carboxylic acids is 1. The molecule has 5 heteroatoms. The molecule has 0 rings (SSSR count). The van der Waals surface area contributed by atoms with Crippen LogP contribution in [-0.2, 0) is 9.59 Å². The Morgan fingerprint density at radius 1 is 1.57 bits per heavy atom. The van der Waals surface area contributed by atoms with Crippen LogP contribution in [0, 0.1) is 11.3 Å². The number of nitriles is 1. The molecule has 0 saturated heterocycles. The zero-order valence-corrected chi connectivity index (χ0v) is 8.10. The lowest BCUT2D eigenvalue weighted by molar-refractivity contribution is -0.132. The number of hydrogen-bond donors (Lipinski definition) is 1. The molecule has 14 heavy (non-hydrogen) atoms. The molecular weight excluding hydrogens is 184 g/mol. The number of likely N-dealkylation sites (N-methyl/N-ethyl adjacent to an activating group) is 1. The molecule has 1 atom stereocenters. The second-order valence-corrected chi connectivity index (χ2v) is 2.83. The average Bonchev–Trinajstić information content (AvgIpc) is 2.13. The number of hydrogen-bond acceptors (Lipinski definition) is 3. The molecule has 0 radical (unpaired) electrons. The maximum absolute atomic E-state index is 11.2. The molecule has 5 nitrogen and oxygen atoms in total. The average molecular weight is 196 g/mol. The molecule has 0 bridgehead atoms. The minimum Gasteiger partial charge on any atom is -0.478 e. The van der Waals surface area contributed by atoms with E-state index in [1.165, 1.54) is 11.9 Å². The van der Waals surface area contributed by atoms with E-state index in [1.807, 2.05) is 6.07 Å². The molecule has 0 spiro atoms. The van der Waals surface area contributed by atoms with Gasteiger partial charge in [0.25, 0.3) is 0 Å². The van der Waals surface area contributed by atoms with E-state index < -0.39 is 11.9 Å². The first-order chi connectivity index (χ1) is 6.49. The van der Waals surface area contributed by atoms with Gasteiger partial charge < -0.3 is 10.0 Å². The Kier molecular flexibility index (Phi) is 5.00. The van der Waals surface area contributed by atoms with Gasteiger partial charge in [0.05, 0.1) is 12.5 Å². The topological polar surface area (TPSA) is 81.4 Å². The van der Waals surface area contributed by atoms with Gasteiger partial charge in [0.1, 0.15) is 0 Å². The van der Waals surface area contributed by atoms with E-state index in [2.05, 4.69) is 0 Å². The fraction of sp³-hybridized carbons (Fsp3) is 0.444. The summed E-state index contributed by atoms with van der Waals surface area (Å²) in [6.45, 7) is 1.72. The molecular formula is C9H12N2O3. The smallest absolute Gasteiger partial charge is 0.328 e. The SMILES string of the molecule is CC(CC#N)N(C)C(=O)C=CC(=O)O. The summed E-state index contributed by atoms with van der Waals surface area (Å²) in [5, 5.41) is 16.7. The summed E-state index contributed by atoms with van der Waals surface area (Å²) in [7, 11) is 1.52. The molecule has 0 aromatic carbocycles. The van der Waals surface area contributed by atoms with Crippen molar-refractivity contribution < 1.29 is 14.7 Å². The summed E-state index contributed by atoms with van der Waals surface area (Å²) in [4.78, 5) is 22.7. The Hall–Kier alpha value is -1.83. The fourth-order valence-electron chi connectivity index (χ4n) is 0.746. The second-order valence-electron chi connectivity index (χ2n) is 2.83. The molecule has 0 aromatic heterocycles. The van der Waals surface area contributed by atoms with Crippen molar-refractivity contribution in [3.63, 3.8) is 0 Å². The molecule has 0 aliphatic rings. The highest BCUT2D eigenvalue weighted by Crippen LogP contribution is 2.00. The first-order valence-corrected chi connectivity index (χ1v) is 4.03. The van der Waals surface area contributed by atoms with Crippen LogP contribution in [0.2, 0.25) is 0 Å². The minimum atomic E-state index is -1.17. The van der Waals surface area contributed by atoms with Gasteiger partial charge >= 0.3 is 5.97 Å². The predicted molar refractivity (Wildman–Crippen MR) is 49.2 cm³/mol. The highest BCUT2D eigenvalue weighted by Gasteiger charge is 2.12. The standard InChI is InChI=1S/C9H12N2O3/c1-7(5-6-10)11(2)8(12)3-4-9(13)14/h3-4,7H,5H2,1-2H3,(H,13,14). The molecule has 0 aromatic rings. The van der Waals surface area contributed by atoms with Crippen LogP contribution in [0.3, 0.4) is 0 Å². The van der Waals surface area contributed by atoms with E-state index in [0.717, 1.165) is 12.2 Å². The van der Waals surface area contributed by atoms with Crippen molar-refractivity contribution >= 4 is 11.9 Å². The van der Waals surface area contributed by atoms with Gasteiger partial charge in [0, 0.05) is 25.2 Å². The molecule has 1 amide bonds. The predicted octanol–water partition coefficient (Wildman–Crippen LogP) is 0.388. The highest BCUT2D eigenvalue weighted by atomic mass is 16.4. The molecule has 76 valence electrons. The van der Waals surface area contributed by atoms with Crippen molar-refractivity contribution in [2.75, 3.05) is 7.05 Å². The Labute approximate surface area is 82.2 Å². The quantitative estimate of drug-likeness (QED) is 0.659. The van der Waals surface area contributed by atoms with Crippen LogP contribution in [0.5, 0.6) is 0 Å². The van der Waals surface area contributed by atoms with Crippen LogP contribution in [-0.4, -0.2) is 35.0 Å². The van der Waals surface area contributed by atoms with Gasteiger partial charge in [0.2, 0.25) is 5.91 Å². The van der Waals surface area contributed by atoms with Crippen molar-refractivity contribution in [1.82, 2.24) is 4.90 Å². The summed E-state index contributed by atoms with van der Waals surface area (Å²) >= 11 is 0. The van der Waals surface area contributed by atoms with Gasteiger partial charge in [-0.05, 0) is 6.92 Å². The van der Waals surface area contributed by atoms with Crippen LogP contribution in [0.1, 0.15) is 13.3 Å². The molecule has 0 aliphatic carbocycles. The summed E-state index contributed by atoms with van der Waals surface area (Å²) in [6, 6.07) is 1.72.